The van der Waals surface area contributed by atoms with Gasteiger partial charge in [0.2, 0.25) is 0 Å². The third-order valence-corrected chi connectivity index (χ3v) is 7.61. The molecule has 0 saturated carbocycles. The lowest BCUT2D eigenvalue weighted by atomic mass is 9.90. The first-order valence-electron chi connectivity index (χ1n) is 12.7. The van der Waals surface area contributed by atoms with Crippen molar-refractivity contribution in [2.24, 2.45) is 11.0 Å². The summed E-state index contributed by atoms with van der Waals surface area (Å²) in [6.07, 6.45) is 3.93. The molecule has 1 amide bonds. The summed E-state index contributed by atoms with van der Waals surface area (Å²) in [5.74, 6) is 1.45. The highest BCUT2D eigenvalue weighted by Gasteiger charge is 2.35. The van der Waals surface area contributed by atoms with E-state index in [1.165, 1.54) is 5.56 Å². The third-order valence-electron chi connectivity index (χ3n) is 7.27. The van der Waals surface area contributed by atoms with E-state index in [1.807, 2.05) is 48.5 Å². The summed E-state index contributed by atoms with van der Waals surface area (Å²) in [7, 11) is 1.65. The van der Waals surface area contributed by atoms with Crippen molar-refractivity contribution in [2.45, 2.75) is 31.7 Å². The van der Waals surface area contributed by atoms with Crippen molar-refractivity contribution in [3.63, 3.8) is 0 Å². The lowest BCUT2D eigenvalue weighted by Crippen LogP contribution is -2.42. The van der Waals surface area contributed by atoms with Gasteiger partial charge in [0.1, 0.15) is 5.75 Å². The number of amides is 1. The van der Waals surface area contributed by atoms with Gasteiger partial charge in [0.15, 0.2) is 0 Å². The van der Waals surface area contributed by atoms with Gasteiger partial charge in [-0.1, -0.05) is 72.3 Å². The molecule has 186 valence electrons. The zero-order valence-electron chi connectivity index (χ0n) is 20.6. The van der Waals surface area contributed by atoms with Crippen LogP contribution in [0.1, 0.15) is 42.0 Å². The van der Waals surface area contributed by atoms with E-state index in [-0.39, 0.29) is 11.9 Å². The number of hydrogen-bond donors (Lipinski definition) is 0. The summed E-state index contributed by atoms with van der Waals surface area (Å²) >= 11 is 6.57. The minimum atomic E-state index is -0.219. The third kappa shape index (κ3) is 5.63. The molecule has 2 aliphatic heterocycles. The zero-order chi connectivity index (χ0) is 24.9. The number of likely N-dealkylation sites (tertiary alicyclic amines) is 1. The smallest absolute Gasteiger partial charge is 0.257 e. The SMILES string of the molecule is COc1cccc(C2=NN(C(=O)CN3CCC(Cc4ccccc4)CC3)[C@@H](c3ccccc3Cl)C2)c1. The molecule has 5 rings (SSSR count). The lowest BCUT2D eigenvalue weighted by molar-refractivity contribution is -0.134. The van der Waals surface area contributed by atoms with E-state index < -0.39 is 0 Å². The molecular weight excluding hydrogens is 470 g/mol. The number of rotatable bonds is 7. The molecule has 0 aliphatic carbocycles. The maximum atomic E-state index is 13.6. The van der Waals surface area contributed by atoms with Gasteiger partial charge in [0.25, 0.3) is 5.91 Å². The summed E-state index contributed by atoms with van der Waals surface area (Å²) in [5.41, 5.74) is 4.15. The van der Waals surface area contributed by atoms with Crippen LogP contribution in [0.2, 0.25) is 5.02 Å². The van der Waals surface area contributed by atoms with Crippen LogP contribution in [0.3, 0.4) is 0 Å². The van der Waals surface area contributed by atoms with Crippen LogP contribution in [0.4, 0.5) is 0 Å². The van der Waals surface area contributed by atoms with Crippen LogP contribution in [-0.2, 0) is 11.2 Å². The monoisotopic (exact) mass is 501 g/mol. The van der Waals surface area contributed by atoms with Crippen LogP contribution in [0, 0.1) is 5.92 Å². The predicted molar refractivity (Wildman–Crippen MR) is 144 cm³/mol. The van der Waals surface area contributed by atoms with Gasteiger partial charge in [-0.25, -0.2) is 5.01 Å². The fourth-order valence-corrected chi connectivity index (χ4v) is 5.53. The van der Waals surface area contributed by atoms with E-state index in [0.717, 1.165) is 54.9 Å². The molecule has 0 aromatic heterocycles. The lowest BCUT2D eigenvalue weighted by Gasteiger charge is -2.33. The number of benzene rings is 3. The fraction of sp³-hybridized carbons (Fsp3) is 0.333. The van der Waals surface area contributed by atoms with Crippen molar-refractivity contribution in [1.82, 2.24) is 9.91 Å². The van der Waals surface area contributed by atoms with E-state index in [9.17, 15) is 4.79 Å². The Balaban J connectivity index is 1.29. The zero-order valence-corrected chi connectivity index (χ0v) is 21.4. The van der Waals surface area contributed by atoms with Gasteiger partial charge in [-0.2, -0.15) is 5.10 Å². The van der Waals surface area contributed by atoms with Crippen LogP contribution >= 0.6 is 11.6 Å². The Morgan fingerprint density at radius 3 is 2.50 bits per heavy atom. The first kappa shape index (κ1) is 24.5. The highest BCUT2D eigenvalue weighted by Crippen LogP contribution is 2.37. The van der Waals surface area contributed by atoms with E-state index >= 15 is 0 Å². The number of piperidine rings is 1. The van der Waals surface area contributed by atoms with Gasteiger partial charge in [0.05, 0.1) is 25.4 Å². The number of hydrogen-bond acceptors (Lipinski definition) is 4. The molecule has 1 atom stereocenters. The molecular formula is C30H32ClN3O2. The Kier molecular flexibility index (Phi) is 7.69. The Morgan fingerprint density at radius 1 is 1.00 bits per heavy atom. The Bertz CT molecular complexity index is 1220. The number of carbonyl (C=O) groups excluding carboxylic acids is 1. The number of halogens is 1. The maximum Gasteiger partial charge on any atom is 0.257 e. The number of hydrazone groups is 1. The van der Waals surface area contributed by atoms with Gasteiger partial charge in [-0.3, -0.25) is 9.69 Å². The first-order valence-corrected chi connectivity index (χ1v) is 13.0. The van der Waals surface area contributed by atoms with Crippen LogP contribution in [0.5, 0.6) is 5.75 Å². The van der Waals surface area contributed by atoms with E-state index in [2.05, 4.69) is 35.2 Å². The molecule has 3 aromatic carbocycles. The van der Waals surface area contributed by atoms with Crippen molar-refractivity contribution in [3.05, 3.63) is 101 Å². The minimum Gasteiger partial charge on any atom is -0.497 e. The predicted octanol–water partition coefficient (Wildman–Crippen LogP) is 5.98. The van der Waals surface area contributed by atoms with Gasteiger partial charge in [-0.05, 0) is 67.6 Å². The van der Waals surface area contributed by atoms with Gasteiger partial charge in [0, 0.05) is 17.0 Å². The molecule has 0 radical (unpaired) electrons. The second kappa shape index (κ2) is 11.3. The average molecular weight is 502 g/mol. The van der Waals surface area contributed by atoms with Crippen molar-refractivity contribution >= 4 is 23.2 Å². The van der Waals surface area contributed by atoms with E-state index in [1.54, 1.807) is 12.1 Å². The average Bonchev–Trinajstić information content (AvgIpc) is 3.36. The van der Waals surface area contributed by atoms with E-state index in [4.69, 9.17) is 21.4 Å². The minimum absolute atomic E-state index is 0.0133. The van der Waals surface area contributed by atoms with Crippen molar-refractivity contribution in [3.8, 4) is 5.75 Å². The van der Waals surface area contributed by atoms with Gasteiger partial charge >= 0.3 is 0 Å². The fourth-order valence-electron chi connectivity index (χ4n) is 5.26. The molecule has 2 aliphatic rings. The number of nitrogens with zero attached hydrogens (tertiary/aromatic N) is 3. The maximum absolute atomic E-state index is 13.6. The van der Waals surface area contributed by atoms with Crippen LogP contribution in [0.15, 0.2) is 84.0 Å². The van der Waals surface area contributed by atoms with Crippen molar-refractivity contribution in [1.29, 1.82) is 0 Å². The second-order valence-corrected chi connectivity index (χ2v) is 10.1. The Labute approximate surface area is 218 Å². The number of ether oxygens (including phenoxy) is 1. The molecule has 0 spiro atoms. The summed E-state index contributed by atoms with van der Waals surface area (Å²) < 4.78 is 5.40. The molecule has 5 nitrogen and oxygen atoms in total. The summed E-state index contributed by atoms with van der Waals surface area (Å²) in [4.78, 5) is 15.9. The normalized spacial score (nSPS) is 18.8. The van der Waals surface area contributed by atoms with Crippen LogP contribution in [0.25, 0.3) is 0 Å². The number of carbonyl (C=O) groups is 1. The summed E-state index contributed by atoms with van der Waals surface area (Å²) in [6, 6.07) is 26.0. The Morgan fingerprint density at radius 2 is 1.75 bits per heavy atom. The number of methoxy groups -OCH3 is 1. The van der Waals surface area contributed by atoms with Crippen molar-refractivity contribution < 1.29 is 9.53 Å². The molecule has 0 unspecified atom stereocenters. The van der Waals surface area contributed by atoms with Crippen LogP contribution in [-0.4, -0.2) is 48.3 Å². The molecule has 6 heteroatoms. The summed E-state index contributed by atoms with van der Waals surface area (Å²) in [6.45, 7) is 2.23. The first-order chi connectivity index (χ1) is 17.6. The molecule has 3 aromatic rings. The standard InChI is InChI=1S/C30H32ClN3O2/c1-36-25-11-7-10-24(19-25)28-20-29(26-12-5-6-13-27(26)31)34(32-28)30(35)21-33-16-14-23(15-17-33)18-22-8-3-2-4-9-22/h2-13,19,23,29H,14-18,20-21H2,1H3/t29-/m1/s1. The Hall–Kier alpha value is -3.15. The molecule has 1 saturated heterocycles. The molecule has 0 N–H and O–H groups in total. The summed E-state index contributed by atoms with van der Waals surface area (Å²) in [5, 5.41) is 7.14. The highest BCUT2D eigenvalue weighted by molar-refractivity contribution is 6.31. The van der Waals surface area contributed by atoms with Gasteiger partial charge < -0.3 is 4.74 Å². The highest BCUT2D eigenvalue weighted by atomic mass is 35.5. The van der Waals surface area contributed by atoms with Gasteiger partial charge in [-0.15, -0.1) is 0 Å². The van der Waals surface area contributed by atoms with E-state index in [0.29, 0.717) is 23.9 Å². The molecule has 36 heavy (non-hydrogen) atoms. The molecule has 0 bridgehead atoms. The molecule has 1 fully saturated rings. The van der Waals surface area contributed by atoms with Crippen molar-refractivity contribution in [2.75, 3.05) is 26.7 Å². The molecule has 2 heterocycles. The van der Waals surface area contributed by atoms with Crippen LogP contribution < -0.4 is 4.74 Å². The quantitative estimate of drug-likeness (QED) is 0.400. The second-order valence-electron chi connectivity index (χ2n) is 9.67. The topological polar surface area (TPSA) is 45.1 Å². The largest absolute Gasteiger partial charge is 0.497 e.